The standard InChI is InChI=1S/C13H25N5O/c1-6-11(13-14-9-15-18(13)7-2)16-12(19)8-17(5)10(3)4/h9-11H,6-8H2,1-5H3,(H,16,19)/t11-/m0/s1. The first kappa shape index (κ1) is 15.6. The van der Waals surface area contributed by atoms with Crippen molar-refractivity contribution in [1.29, 1.82) is 0 Å². The largest absolute Gasteiger partial charge is 0.345 e. The second-order valence-electron chi connectivity index (χ2n) is 4.97. The van der Waals surface area contributed by atoms with Crippen LogP contribution in [0.25, 0.3) is 0 Å². The molecule has 0 aliphatic rings. The van der Waals surface area contributed by atoms with Crippen LogP contribution in [0, 0.1) is 0 Å². The van der Waals surface area contributed by atoms with Gasteiger partial charge in [0.25, 0.3) is 0 Å². The Morgan fingerprint density at radius 1 is 1.47 bits per heavy atom. The fourth-order valence-electron chi connectivity index (χ4n) is 1.78. The van der Waals surface area contributed by atoms with Gasteiger partial charge in [0, 0.05) is 12.6 Å². The molecular weight excluding hydrogens is 242 g/mol. The van der Waals surface area contributed by atoms with Crippen molar-refractivity contribution in [2.24, 2.45) is 0 Å². The molecule has 1 aromatic rings. The Morgan fingerprint density at radius 2 is 2.16 bits per heavy atom. The van der Waals surface area contributed by atoms with Crippen LogP contribution in [-0.2, 0) is 11.3 Å². The van der Waals surface area contributed by atoms with E-state index in [0.717, 1.165) is 18.8 Å². The maximum atomic E-state index is 12.0. The van der Waals surface area contributed by atoms with Crippen molar-refractivity contribution in [3.8, 4) is 0 Å². The molecule has 6 nitrogen and oxygen atoms in total. The van der Waals surface area contributed by atoms with Gasteiger partial charge < -0.3 is 5.32 Å². The number of nitrogens with zero attached hydrogens (tertiary/aromatic N) is 4. The lowest BCUT2D eigenvalue weighted by atomic mass is 10.2. The second kappa shape index (κ2) is 7.23. The molecule has 108 valence electrons. The summed E-state index contributed by atoms with van der Waals surface area (Å²) in [5.41, 5.74) is 0. The SMILES string of the molecule is CC[C@H](NC(=O)CN(C)C(C)C)c1ncnn1CC. The van der Waals surface area contributed by atoms with Crippen LogP contribution in [0.3, 0.4) is 0 Å². The number of amides is 1. The molecule has 0 aliphatic heterocycles. The van der Waals surface area contributed by atoms with E-state index in [-0.39, 0.29) is 11.9 Å². The van der Waals surface area contributed by atoms with Gasteiger partial charge in [-0.25, -0.2) is 9.67 Å². The highest BCUT2D eigenvalue weighted by molar-refractivity contribution is 5.78. The highest BCUT2D eigenvalue weighted by Gasteiger charge is 2.19. The van der Waals surface area contributed by atoms with Crippen molar-refractivity contribution < 1.29 is 4.79 Å². The van der Waals surface area contributed by atoms with Gasteiger partial charge in [-0.15, -0.1) is 0 Å². The van der Waals surface area contributed by atoms with Gasteiger partial charge in [0.2, 0.25) is 5.91 Å². The minimum atomic E-state index is -0.0736. The predicted molar refractivity (Wildman–Crippen MR) is 74.6 cm³/mol. The molecular formula is C13H25N5O. The zero-order valence-corrected chi connectivity index (χ0v) is 12.6. The van der Waals surface area contributed by atoms with Gasteiger partial charge in [0.05, 0.1) is 12.6 Å². The number of aromatic nitrogens is 3. The van der Waals surface area contributed by atoms with Crippen LogP contribution in [0.1, 0.15) is 46.0 Å². The molecule has 1 atom stereocenters. The number of aryl methyl sites for hydroxylation is 1. The first-order chi connectivity index (χ1) is 8.99. The van der Waals surface area contributed by atoms with Gasteiger partial charge in [-0.3, -0.25) is 9.69 Å². The van der Waals surface area contributed by atoms with Crippen LogP contribution in [0.5, 0.6) is 0 Å². The van der Waals surface area contributed by atoms with Crippen LogP contribution in [0.15, 0.2) is 6.33 Å². The fourth-order valence-corrected chi connectivity index (χ4v) is 1.78. The van der Waals surface area contributed by atoms with Crippen LogP contribution < -0.4 is 5.32 Å². The molecule has 0 saturated heterocycles. The lowest BCUT2D eigenvalue weighted by Crippen LogP contribution is -2.40. The van der Waals surface area contributed by atoms with Crippen molar-refractivity contribution in [2.75, 3.05) is 13.6 Å². The molecule has 1 heterocycles. The second-order valence-corrected chi connectivity index (χ2v) is 4.97. The van der Waals surface area contributed by atoms with E-state index in [4.69, 9.17) is 0 Å². The monoisotopic (exact) mass is 267 g/mol. The van der Waals surface area contributed by atoms with Crippen LogP contribution in [-0.4, -0.2) is 45.2 Å². The fraction of sp³-hybridized carbons (Fsp3) is 0.769. The number of rotatable bonds is 7. The Labute approximate surface area is 115 Å². The summed E-state index contributed by atoms with van der Waals surface area (Å²) in [6.07, 6.45) is 2.34. The van der Waals surface area contributed by atoms with Crippen molar-refractivity contribution in [1.82, 2.24) is 25.0 Å². The number of carbonyl (C=O) groups excluding carboxylic acids is 1. The summed E-state index contributed by atoms with van der Waals surface area (Å²) in [5.74, 6) is 0.847. The lowest BCUT2D eigenvalue weighted by Gasteiger charge is -2.22. The van der Waals surface area contributed by atoms with Crippen molar-refractivity contribution in [2.45, 2.75) is 52.7 Å². The average Bonchev–Trinajstić information content (AvgIpc) is 2.83. The van der Waals surface area contributed by atoms with Gasteiger partial charge in [-0.1, -0.05) is 6.92 Å². The maximum absolute atomic E-state index is 12.0. The van der Waals surface area contributed by atoms with Gasteiger partial charge >= 0.3 is 0 Å². The van der Waals surface area contributed by atoms with E-state index in [9.17, 15) is 4.79 Å². The van der Waals surface area contributed by atoms with Gasteiger partial charge in [-0.05, 0) is 34.2 Å². The molecule has 1 rings (SSSR count). The third-order valence-electron chi connectivity index (χ3n) is 3.27. The van der Waals surface area contributed by atoms with E-state index in [0.29, 0.717) is 12.6 Å². The molecule has 0 aromatic carbocycles. The van der Waals surface area contributed by atoms with Crippen molar-refractivity contribution >= 4 is 5.91 Å². The van der Waals surface area contributed by atoms with Gasteiger partial charge in [0.15, 0.2) is 0 Å². The smallest absolute Gasteiger partial charge is 0.234 e. The molecule has 0 fully saturated rings. The Morgan fingerprint density at radius 3 is 2.68 bits per heavy atom. The number of carbonyl (C=O) groups is 1. The molecule has 0 spiro atoms. The van der Waals surface area contributed by atoms with E-state index in [2.05, 4.69) is 29.2 Å². The molecule has 0 saturated carbocycles. The number of likely N-dealkylation sites (N-methyl/N-ethyl adjacent to an activating group) is 1. The van der Waals surface area contributed by atoms with E-state index in [1.54, 1.807) is 0 Å². The number of hydrogen-bond acceptors (Lipinski definition) is 4. The van der Waals surface area contributed by atoms with Gasteiger partial charge in [0.1, 0.15) is 12.2 Å². The minimum absolute atomic E-state index is 0.0219. The Bertz CT molecular complexity index is 401. The van der Waals surface area contributed by atoms with Crippen molar-refractivity contribution in [3.05, 3.63) is 12.2 Å². The summed E-state index contributed by atoms with van der Waals surface area (Å²) in [7, 11) is 1.94. The summed E-state index contributed by atoms with van der Waals surface area (Å²) in [6, 6.07) is 0.278. The Kier molecular flexibility index (Phi) is 5.95. The van der Waals surface area contributed by atoms with Gasteiger partial charge in [-0.2, -0.15) is 5.10 Å². The minimum Gasteiger partial charge on any atom is -0.345 e. The Balaban J connectivity index is 2.65. The topological polar surface area (TPSA) is 63.1 Å². The quantitative estimate of drug-likeness (QED) is 0.806. The maximum Gasteiger partial charge on any atom is 0.234 e. The predicted octanol–water partition coefficient (Wildman–Crippen LogP) is 1.21. The molecule has 0 bridgehead atoms. The normalized spacial score (nSPS) is 13.0. The molecule has 19 heavy (non-hydrogen) atoms. The van der Waals surface area contributed by atoms with E-state index in [1.807, 2.05) is 30.5 Å². The lowest BCUT2D eigenvalue weighted by molar-refractivity contribution is -0.123. The average molecular weight is 267 g/mol. The van der Waals surface area contributed by atoms with Crippen LogP contribution >= 0.6 is 0 Å². The molecule has 0 unspecified atom stereocenters. The number of hydrogen-bond donors (Lipinski definition) is 1. The molecule has 1 N–H and O–H groups in total. The third-order valence-corrected chi connectivity index (χ3v) is 3.27. The summed E-state index contributed by atoms with van der Waals surface area (Å²) in [5, 5.41) is 7.17. The molecule has 0 radical (unpaired) electrons. The molecule has 6 heteroatoms. The first-order valence-electron chi connectivity index (χ1n) is 6.86. The molecule has 1 amide bonds. The summed E-state index contributed by atoms with van der Waals surface area (Å²) in [6.45, 7) is 9.34. The zero-order chi connectivity index (χ0) is 14.4. The summed E-state index contributed by atoms with van der Waals surface area (Å²) < 4.78 is 1.82. The van der Waals surface area contributed by atoms with E-state index < -0.39 is 0 Å². The number of nitrogens with one attached hydrogen (secondary N) is 1. The third kappa shape index (κ3) is 4.31. The van der Waals surface area contributed by atoms with E-state index >= 15 is 0 Å². The molecule has 0 aliphatic carbocycles. The summed E-state index contributed by atoms with van der Waals surface area (Å²) in [4.78, 5) is 18.3. The molecule has 1 aromatic heterocycles. The van der Waals surface area contributed by atoms with Crippen LogP contribution in [0.2, 0.25) is 0 Å². The zero-order valence-electron chi connectivity index (χ0n) is 12.6. The summed E-state index contributed by atoms with van der Waals surface area (Å²) >= 11 is 0. The highest BCUT2D eigenvalue weighted by atomic mass is 16.2. The van der Waals surface area contributed by atoms with E-state index in [1.165, 1.54) is 6.33 Å². The highest BCUT2D eigenvalue weighted by Crippen LogP contribution is 2.13. The van der Waals surface area contributed by atoms with Crippen LogP contribution in [0.4, 0.5) is 0 Å². The van der Waals surface area contributed by atoms with Crippen molar-refractivity contribution in [3.63, 3.8) is 0 Å². The Hall–Kier alpha value is -1.43. The first-order valence-corrected chi connectivity index (χ1v) is 6.86.